The number of rotatable bonds is 1. The molecule has 1 aliphatic heterocycles. The van der Waals surface area contributed by atoms with Gasteiger partial charge in [0.05, 0.1) is 19.0 Å². The van der Waals surface area contributed by atoms with Crippen LogP contribution in [0.1, 0.15) is 5.56 Å². The SMILES string of the molecule is CON1NN=Cc2c1ccc1ccccc21. The zero-order valence-electron chi connectivity index (χ0n) is 8.84. The van der Waals surface area contributed by atoms with Gasteiger partial charge in [-0.1, -0.05) is 30.3 Å². The standard InChI is InChI=1S/C12H11N3O/c1-16-15-12-7-6-9-4-2-3-5-10(9)11(12)8-13-14-15/h2-8,14H,1H3. The fourth-order valence-corrected chi connectivity index (χ4v) is 1.94. The second-order valence-corrected chi connectivity index (χ2v) is 3.55. The predicted octanol–water partition coefficient (Wildman–Crippen LogP) is 2.06. The van der Waals surface area contributed by atoms with Crippen molar-refractivity contribution in [2.45, 2.75) is 0 Å². The third kappa shape index (κ3) is 1.24. The van der Waals surface area contributed by atoms with E-state index in [2.05, 4.69) is 28.8 Å². The van der Waals surface area contributed by atoms with Crippen LogP contribution < -0.4 is 10.7 Å². The summed E-state index contributed by atoms with van der Waals surface area (Å²) in [4.78, 5) is 5.17. The van der Waals surface area contributed by atoms with Gasteiger partial charge in [0.2, 0.25) is 0 Å². The van der Waals surface area contributed by atoms with Crippen molar-refractivity contribution in [3.63, 3.8) is 0 Å². The highest BCUT2D eigenvalue weighted by molar-refractivity contribution is 6.05. The first-order chi connectivity index (χ1) is 7.90. The number of nitrogens with zero attached hydrogens (tertiary/aromatic N) is 2. The number of hydrazine groups is 1. The van der Waals surface area contributed by atoms with Gasteiger partial charge in [0.15, 0.2) is 0 Å². The Bertz CT molecular complexity index is 565. The molecule has 4 heteroatoms. The Labute approximate surface area is 93.0 Å². The first-order valence-corrected chi connectivity index (χ1v) is 5.05. The molecule has 0 spiro atoms. The zero-order valence-corrected chi connectivity index (χ0v) is 8.84. The topological polar surface area (TPSA) is 36.9 Å². The van der Waals surface area contributed by atoms with Crippen molar-refractivity contribution >= 4 is 22.7 Å². The summed E-state index contributed by atoms with van der Waals surface area (Å²) in [7, 11) is 1.60. The second-order valence-electron chi connectivity index (χ2n) is 3.55. The van der Waals surface area contributed by atoms with Crippen LogP contribution in [0.5, 0.6) is 0 Å². The summed E-state index contributed by atoms with van der Waals surface area (Å²) in [5.74, 6) is 0. The second kappa shape index (κ2) is 3.50. The minimum absolute atomic E-state index is 0.969. The number of nitrogens with one attached hydrogen (secondary N) is 1. The van der Waals surface area contributed by atoms with Crippen LogP contribution in [0.3, 0.4) is 0 Å². The van der Waals surface area contributed by atoms with E-state index in [4.69, 9.17) is 4.84 Å². The quantitative estimate of drug-likeness (QED) is 0.787. The molecule has 0 aliphatic carbocycles. The lowest BCUT2D eigenvalue weighted by Gasteiger charge is -2.25. The number of fused-ring (bicyclic) bond motifs is 3. The Kier molecular flexibility index (Phi) is 2.01. The molecule has 2 aromatic carbocycles. The van der Waals surface area contributed by atoms with Gasteiger partial charge in [0.25, 0.3) is 0 Å². The smallest absolute Gasteiger partial charge is 0.0989 e. The maximum atomic E-state index is 5.17. The summed E-state index contributed by atoms with van der Waals surface area (Å²) in [5.41, 5.74) is 4.81. The maximum absolute atomic E-state index is 5.17. The van der Waals surface area contributed by atoms with Crippen molar-refractivity contribution < 1.29 is 4.84 Å². The Morgan fingerprint density at radius 1 is 1.19 bits per heavy atom. The molecule has 0 aromatic heterocycles. The fourth-order valence-electron chi connectivity index (χ4n) is 1.94. The zero-order chi connectivity index (χ0) is 11.0. The van der Waals surface area contributed by atoms with Gasteiger partial charge in [0.1, 0.15) is 0 Å². The molecule has 16 heavy (non-hydrogen) atoms. The lowest BCUT2D eigenvalue weighted by atomic mass is 10.0. The minimum atomic E-state index is 0.969. The molecule has 2 aromatic rings. The first kappa shape index (κ1) is 9.18. The molecule has 3 rings (SSSR count). The third-order valence-electron chi connectivity index (χ3n) is 2.69. The van der Waals surface area contributed by atoms with Crippen molar-refractivity contribution in [2.24, 2.45) is 5.10 Å². The summed E-state index contributed by atoms with van der Waals surface area (Å²) in [5, 5.41) is 7.96. The highest BCUT2D eigenvalue weighted by Crippen LogP contribution is 2.28. The molecular formula is C12H11N3O. The number of hydrogen-bond acceptors (Lipinski definition) is 4. The van der Waals surface area contributed by atoms with Crippen molar-refractivity contribution in [1.82, 2.24) is 5.53 Å². The number of benzene rings is 2. The lowest BCUT2D eigenvalue weighted by Crippen LogP contribution is -2.36. The van der Waals surface area contributed by atoms with Gasteiger partial charge in [0, 0.05) is 5.56 Å². The van der Waals surface area contributed by atoms with Crippen LogP contribution in [0.2, 0.25) is 0 Å². The van der Waals surface area contributed by atoms with E-state index < -0.39 is 0 Å². The Morgan fingerprint density at radius 3 is 2.94 bits per heavy atom. The van der Waals surface area contributed by atoms with Gasteiger partial charge >= 0.3 is 0 Å². The van der Waals surface area contributed by atoms with Gasteiger partial charge in [-0.25, -0.2) is 0 Å². The molecule has 0 fully saturated rings. The fraction of sp³-hybridized carbons (Fsp3) is 0.0833. The van der Waals surface area contributed by atoms with Crippen molar-refractivity contribution in [1.29, 1.82) is 0 Å². The molecule has 0 radical (unpaired) electrons. The molecule has 0 unspecified atom stereocenters. The van der Waals surface area contributed by atoms with E-state index in [1.807, 2.05) is 24.4 Å². The molecule has 1 N–H and O–H groups in total. The van der Waals surface area contributed by atoms with Crippen LogP contribution in [-0.2, 0) is 4.84 Å². The molecule has 1 heterocycles. The molecule has 80 valence electrons. The van der Waals surface area contributed by atoms with Gasteiger partial charge in [-0.3, -0.25) is 4.84 Å². The number of hydrazone groups is 1. The van der Waals surface area contributed by atoms with Gasteiger partial charge < -0.3 is 0 Å². The normalized spacial score (nSPS) is 13.7. The van der Waals surface area contributed by atoms with Crippen LogP contribution in [0.25, 0.3) is 10.8 Å². The molecule has 0 saturated heterocycles. The van der Waals surface area contributed by atoms with Crippen LogP contribution in [0.4, 0.5) is 5.69 Å². The molecule has 0 saturated carbocycles. The van der Waals surface area contributed by atoms with E-state index in [0.29, 0.717) is 0 Å². The maximum Gasteiger partial charge on any atom is 0.0989 e. The molecule has 0 bridgehead atoms. The largest absolute Gasteiger partial charge is 0.256 e. The van der Waals surface area contributed by atoms with Crippen molar-refractivity contribution in [3.05, 3.63) is 42.0 Å². The summed E-state index contributed by atoms with van der Waals surface area (Å²) in [6.45, 7) is 0. The Morgan fingerprint density at radius 2 is 2.06 bits per heavy atom. The average molecular weight is 213 g/mol. The Balaban J connectivity index is 2.31. The van der Waals surface area contributed by atoms with E-state index in [-0.39, 0.29) is 0 Å². The van der Waals surface area contributed by atoms with E-state index in [1.165, 1.54) is 10.8 Å². The van der Waals surface area contributed by atoms with Gasteiger partial charge in [-0.05, 0) is 16.8 Å². The molecule has 0 atom stereocenters. The highest BCUT2D eigenvalue weighted by Gasteiger charge is 2.15. The number of anilines is 1. The average Bonchev–Trinajstić information content (AvgIpc) is 2.37. The third-order valence-corrected chi connectivity index (χ3v) is 2.69. The van der Waals surface area contributed by atoms with E-state index >= 15 is 0 Å². The number of hydrogen-bond donors (Lipinski definition) is 1. The molecule has 4 nitrogen and oxygen atoms in total. The van der Waals surface area contributed by atoms with E-state index in [1.54, 1.807) is 12.3 Å². The van der Waals surface area contributed by atoms with Gasteiger partial charge in [-0.15, -0.1) is 5.17 Å². The predicted molar refractivity (Wildman–Crippen MR) is 64.2 cm³/mol. The molecule has 1 aliphatic rings. The van der Waals surface area contributed by atoms with Crippen LogP contribution in [0, 0.1) is 0 Å². The summed E-state index contributed by atoms with van der Waals surface area (Å²) < 4.78 is 0. The summed E-state index contributed by atoms with van der Waals surface area (Å²) >= 11 is 0. The van der Waals surface area contributed by atoms with Crippen molar-refractivity contribution in [2.75, 3.05) is 12.3 Å². The van der Waals surface area contributed by atoms with Gasteiger partial charge in [-0.2, -0.15) is 10.6 Å². The monoisotopic (exact) mass is 213 g/mol. The lowest BCUT2D eigenvalue weighted by molar-refractivity contribution is 0.135. The summed E-state index contributed by atoms with van der Waals surface area (Å²) in [6, 6.07) is 12.3. The van der Waals surface area contributed by atoms with Crippen LogP contribution >= 0.6 is 0 Å². The first-order valence-electron chi connectivity index (χ1n) is 5.05. The van der Waals surface area contributed by atoms with E-state index in [9.17, 15) is 0 Å². The van der Waals surface area contributed by atoms with Crippen molar-refractivity contribution in [3.8, 4) is 0 Å². The molecule has 0 amide bonds. The minimum Gasteiger partial charge on any atom is -0.256 e. The summed E-state index contributed by atoms with van der Waals surface area (Å²) in [6.07, 6.45) is 1.81. The highest BCUT2D eigenvalue weighted by atomic mass is 16.7. The Hall–Kier alpha value is -2.07. The van der Waals surface area contributed by atoms with Crippen LogP contribution in [-0.4, -0.2) is 13.3 Å². The van der Waals surface area contributed by atoms with Crippen LogP contribution in [0.15, 0.2) is 41.5 Å². The molecular weight excluding hydrogens is 202 g/mol. The van der Waals surface area contributed by atoms with E-state index in [0.717, 1.165) is 11.3 Å².